The van der Waals surface area contributed by atoms with E-state index in [4.69, 9.17) is 9.72 Å². The van der Waals surface area contributed by atoms with Gasteiger partial charge < -0.3 is 19.9 Å². The molecule has 1 aliphatic heterocycles. The molecule has 0 aliphatic carbocycles. The van der Waals surface area contributed by atoms with Gasteiger partial charge in [0.1, 0.15) is 18.5 Å². The molecule has 32 heavy (non-hydrogen) atoms. The zero-order valence-corrected chi connectivity index (χ0v) is 18.7. The molecule has 1 fully saturated rings. The summed E-state index contributed by atoms with van der Waals surface area (Å²) in [4.78, 5) is 29.7. The first kappa shape index (κ1) is 22.0. The van der Waals surface area contributed by atoms with Crippen LogP contribution in [0.5, 0.6) is 0 Å². The number of carbonyl (C=O) groups excluding carboxylic acids is 2. The highest BCUT2D eigenvalue weighted by molar-refractivity contribution is 5.92. The molecular weight excluding hydrogens is 404 g/mol. The number of fused-ring (bicyclic) bond motifs is 1. The van der Waals surface area contributed by atoms with Gasteiger partial charge in [-0.25, -0.2) is 4.98 Å². The maximum absolute atomic E-state index is 12.9. The van der Waals surface area contributed by atoms with Crippen molar-refractivity contribution in [3.8, 4) is 0 Å². The van der Waals surface area contributed by atoms with Gasteiger partial charge in [0.15, 0.2) is 0 Å². The number of carbonyl (C=O) groups is 2. The van der Waals surface area contributed by atoms with Crippen molar-refractivity contribution in [3.63, 3.8) is 0 Å². The Labute approximate surface area is 188 Å². The van der Waals surface area contributed by atoms with E-state index in [1.165, 1.54) is 0 Å². The van der Waals surface area contributed by atoms with Crippen LogP contribution in [0.2, 0.25) is 0 Å². The van der Waals surface area contributed by atoms with Crippen molar-refractivity contribution in [2.45, 2.75) is 52.2 Å². The molecule has 3 aromatic rings. The second-order valence-electron chi connectivity index (χ2n) is 8.37. The molecule has 4 rings (SSSR count). The normalized spacial score (nSPS) is 15.8. The highest BCUT2D eigenvalue weighted by atomic mass is 16.5. The number of para-hydroxylation sites is 2. The number of amides is 2. The lowest BCUT2D eigenvalue weighted by molar-refractivity contribution is -0.130. The lowest BCUT2D eigenvalue weighted by Crippen LogP contribution is -2.34. The number of rotatable bonds is 8. The molecule has 7 nitrogen and oxygen atoms in total. The van der Waals surface area contributed by atoms with Crippen molar-refractivity contribution in [2.24, 2.45) is 0 Å². The number of nitrogens with zero attached hydrogens (tertiary/aromatic N) is 2. The number of nitrogens with one attached hydrogen (secondary N) is 2. The number of imidazole rings is 1. The molecule has 0 radical (unpaired) electrons. The lowest BCUT2D eigenvalue weighted by atomic mass is 10.1. The second kappa shape index (κ2) is 9.96. The molecule has 1 atom stereocenters. The molecule has 2 heterocycles. The van der Waals surface area contributed by atoms with Crippen LogP contribution in [0, 0.1) is 13.8 Å². The van der Waals surface area contributed by atoms with Crippen molar-refractivity contribution >= 4 is 28.5 Å². The molecule has 1 aliphatic rings. The minimum atomic E-state index is -0.312. The van der Waals surface area contributed by atoms with Crippen LogP contribution >= 0.6 is 0 Å². The zero-order valence-electron chi connectivity index (χ0n) is 18.7. The molecule has 168 valence electrons. The van der Waals surface area contributed by atoms with E-state index in [-0.39, 0.29) is 24.5 Å². The molecule has 2 N–H and O–H groups in total. The standard InChI is InChI=1S/C25H30N4O3/c1-17-11-12-18(2)20(15-17)28-24(30)16-29-21-8-4-3-7-19(21)27-23(29)10-5-13-26-25(31)22-9-6-14-32-22/h3-4,7-8,11-12,15,22H,5-6,9-10,13-14,16H2,1-2H3,(H,26,31)(H,28,30). The molecule has 0 spiro atoms. The first-order chi connectivity index (χ1) is 15.5. The Morgan fingerprint density at radius 2 is 2.03 bits per heavy atom. The molecule has 1 unspecified atom stereocenters. The monoisotopic (exact) mass is 434 g/mol. The van der Waals surface area contributed by atoms with E-state index in [1.807, 2.05) is 60.9 Å². The van der Waals surface area contributed by atoms with Gasteiger partial charge in [-0.05, 0) is 62.4 Å². The number of ether oxygens (including phenoxy) is 1. The summed E-state index contributed by atoms with van der Waals surface area (Å²) >= 11 is 0. The Hall–Kier alpha value is -3.19. The predicted octanol–water partition coefficient (Wildman–Crippen LogP) is 3.52. The van der Waals surface area contributed by atoms with Crippen LogP contribution in [0.3, 0.4) is 0 Å². The number of aryl methyl sites for hydroxylation is 3. The van der Waals surface area contributed by atoms with E-state index in [0.717, 1.165) is 52.9 Å². The number of aromatic nitrogens is 2. The number of anilines is 1. The number of hydrogen-bond donors (Lipinski definition) is 2. The van der Waals surface area contributed by atoms with Crippen molar-refractivity contribution in [2.75, 3.05) is 18.5 Å². The Morgan fingerprint density at radius 3 is 2.84 bits per heavy atom. The average Bonchev–Trinajstić information content (AvgIpc) is 3.43. The highest BCUT2D eigenvalue weighted by Gasteiger charge is 2.23. The molecule has 2 aromatic carbocycles. The van der Waals surface area contributed by atoms with E-state index in [0.29, 0.717) is 19.6 Å². The summed E-state index contributed by atoms with van der Waals surface area (Å²) in [5.74, 6) is 0.715. The van der Waals surface area contributed by atoms with Crippen LogP contribution in [0.4, 0.5) is 5.69 Å². The molecule has 1 aromatic heterocycles. The minimum absolute atomic E-state index is 0.0381. The van der Waals surface area contributed by atoms with Crippen LogP contribution < -0.4 is 10.6 Å². The maximum atomic E-state index is 12.9. The third-order valence-electron chi connectivity index (χ3n) is 5.80. The van der Waals surface area contributed by atoms with Gasteiger partial charge in [0.2, 0.25) is 11.8 Å². The quantitative estimate of drug-likeness (QED) is 0.531. The smallest absolute Gasteiger partial charge is 0.249 e. The van der Waals surface area contributed by atoms with Crippen molar-refractivity contribution < 1.29 is 14.3 Å². The van der Waals surface area contributed by atoms with Crippen LogP contribution in [0.15, 0.2) is 42.5 Å². The first-order valence-electron chi connectivity index (χ1n) is 11.2. The fourth-order valence-electron chi connectivity index (χ4n) is 4.05. The van der Waals surface area contributed by atoms with Crippen LogP contribution in [0.25, 0.3) is 11.0 Å². The fraction of sp³-hybridized carbons (Fsp3) is 0.400. The Morgan fingerprint density at radius 1 is 1.19 bits per heavy atom. The largest absolute Gasteiger partial charge is 0.368 e. The molecule has 2 amide bonds. The average molecular weight is 435 g/mol. The molecule has 1 saturated heterocycles. The number of benzene rings is 2. The summed E-state index contributed by atoms with van der Waals surface area (Å²) in [5.41, 5.74) is 4.76. The highest BCUT2D eigenvalue weighted by Crippen LogP contribution is 2.19. The van der Waals surface area contributed by atoms with Gasteiger partial charge in [0.25, 0.3) is 0 Å². The van der Waals surface area contributed by atoms with Gasteiger partial charge in [-0.2, -0.15) is 0 Å². The summed E-state index contributed by atoms with van der Waals surface area (Å²) in [5, 5.41) is 5.99. The van der Waals surface area contributed by atoms with E-state index in [9.17, 15) is 9.59 Å². The van der Waals surface area contributed by atoms with Crippen LogP contribution in [-0.4, -0.2) is 40.6 Å². The van der Waals surface area contributed by atoms with Gasteiger partial charge in [0, 0.05) is 25.3 Å². The van der Waals surface area contributed by atoms with Crippen molar-refractivity contribution in [1.82, 2.24) is 14.9 Å². The lowest BCUT2D eigenvalue weighted by Gasteiger charge is -2.13. The Balaban J connectivity index is 1.42. The fourth-order valence-corrected chi connectivity index (χ4v) is 4.05. The topological polar surface area (TPSA) is 85.2 Å². The van der Waals surface area contributed by atoms with Crippen LogP contribution in [-0.2, 0) is 27.3 Å². The Bertz CT molecular complexity index is 1120. The van der Waals surface area contributed by atoms with Gasteiger partial charge in [-0.3, -0.25) is 9.59 Å². The van der Waals surface area contributed by atoms with Crippen molar-refractivity contribution in [3.05, 3.63) is 59.4 Å². The van der Waals surface area contributed by atoms with E-state index < -0.39 is 0 Å². The molecule has 0 saturated carbocycles. The molecule has 7 heteroatoms. The summed E-state index contributed by atoms with van der Waals surface area (Å²) in [6.45, 7) is 5.39. The van der Waals surface area contributed by atoms with Gasteiger partial charge in [-0.1, -0.05) is 24.3 Å². The van der Waals surface area contributed by atoms with E-state index >= 15 is 0 Å². The molecule has 0 bridgehead atoms. The summed E-state index contributed by atoms with van der Waals surface area (Å²) in [6.07, 6.45) is 2.81. The van der Waals surface area contributed by atoms with Gasteiger partial charge in [-0.15, -0.1) is 0 Å². The predicted molar refractivity (Wildman–Crippen MR) is 125 cm³/mol. The SMILES string of the molecule is Cc1ccc(C)c(NC(=O)Cn2c(CCCNC(=O)C3CCCO3)nc3ccccc32)c1. The summed E-state index contributed by atoms with van der Waals surface area (Å²) in [7, 11) is 0. The number of hydrogen-bond acceptors (Lipinski definition) is 4. The zero-order chi connectivity index (χ0) is 22.5. The minimum Gasteiger partial charge on any atom is -0.368 e. The summed E-state index contributed by atoms with van der Waals surface area (Å²) in [6, 6.07) is 13.9. The van der Waals surface area contributed by atoms with E-state index in [1.54, 1.807) is 0 Å². The Kier molecular flexibility index (Phi) is 6.85. The van der Waals surface area contributed by atoms with Crippen molar-refractivity contribution in [1.29, 1.82) is 0 Å². The molecular formula is C25H30N4O3. The van der Waals surface area contributed by atoms with Gasteiger partial charge in [0.05, 0.1) is 11.0 Å². The van der Waals surface area contributed by atoms with E-state index in [2.05, 4.69) is 10.6 Å². The van der Waals surface area contributed by atoms with Crippen LogP contribution in [0.1, 0.15) is 36.2 Å². The van der Waals surface area contributed by atoms with Gasteiger partial charge >= 0.3 is 0 Å². The maximum Gasteiger partial charge on any atom is 0.249 e. The second-order valence-corrected chi connectivity index (χ2v) is 8.37. The third-order valence-corrected chi connectivity index (χ3v) is 5.80. The summed E-state index contributed by atoms with van der Waals surface area (Å²) < 4.78 is 7.39. The third kappa shape index (κ3) is 5.16. The first-order valence-corrected chi connectivity index (χ1v) is 11.2.